The second kappa shape index (κ2) is 5.42. The molecule has 0 aliphatic heterocycles. The van der Waals surface area contributed by atoms with Crippen molar-refractivity contribution >= 4 is 22.7 Å². The van der Waals surface area contributed by atoms with Crippen molar-refractivity contribution in [2.24, 2.45) is 0 Å². The first-order valence-corrected chi connectivity index (χ1v) is 6.42. The number of aromatic nitrogens is 5. The highest BCUT2D eigenvalue weighted by Gasteiger charge is 2.16. The van der Waals surface area contributed by atoms with E-state index in [4.69, 9.17) is 5.11 Å². The number of hydrogen-bond acceptors (Lipinski definition) is 7. The second-order valence-electron chi connectivity index (χ2n) is 4.80. The van der Waals surface area contributed by atoms with Gasteiger partial charge in [0.2, 0.25) is 0 Å². The summed E-state index contributed by atoms with van der Waals surface area (Å²) in [5.41, 5.74) is -1.95. The molecule has 12 heteroatoms. The normalized spacial score (nSPS) is 10.8. The van der Waals surface area contributed by atoms with Gasteiger partial charge in [-0.3, -0.25) is 19.7 Å². The Bertz CT molecular complexity index is 1090. The molecule has 122 valence electrons. The summed E-state index contributed by atoms with van der Waals surface area (Å²) in [5.74, 6) is -1.28. The highest BCUT2D eigenvalue weighted by atomic mass is 16.6. The van der Waals surface area contributed by atoms with E-state index < -0.39 is 22.0 Å². The van der Waals surface area contributed by atoms with Crippen LogP contribution in [0.15, 0.2) is 27.9 Å². The Morgan fingerprint density at radius 1 is 1.29 bits per heavy atom. The van der Waals surface area contributed by atoms with E-state index in [1.165, 1.54) is 6.07 Å². The van der Waals surface area contributed by atoms with Crippen molar-refractivity contribution in [3.8, 4) is 0 Å². The molecule has 0 aliphatic rings. The number of benzene rings is 1. The Morgan fingerprint density at radius 2 is 2.00 bits per heavy atom. The lowest BCUT2D eigenvalue weighted by Gasteiger charge is -2.06. The molecule has 0 fully saturated rings. The zero-order valence-corrected chi connectivity index (χ0v) is 11.7. The molecule has 12 nitrogen and oxygen atoms in total. The lowest BCUT2D eigenvalue weighted by molar-refractivity contribution is -0.384. The van der Waals surface area contributed by atoms with Gasteiger partial charge in [-0.15, -0.1) is 5.10 Å². The molecule has 3 rings (SSSR count). The third-order valence-corrected chi connectivity index (χ3v) is 3.20. The van der Waals surface area contributed by atoms with Crippen LogP contribution in [-0.2, 0) is 6.54 Å². The molecule has 0 aliphatic carbocycles. The van der Waals surface area contributed by atoms with Crippen molar-refractivity contribution in [3.05, 3.63) is 60.4 Å². The zero-order chi connectivity index (χ0) is 17.4. The number of rotatable bonds is 4. The van der Waals surface area contributed by atoms with Crippen molar-refractivity contribution in [1.82, 2.24) is 25.0 Å². The van der Waals surface area contributed by atoms with Crippen LogP contribution in [0.1, 0.15) is 16.1 Å². The molecule has 1 aromatic carbocycles. The molecule has 2 aromatic heterocycles. The summed E-state index contributed by atoms with van der Waals surface area (Å²) in [4.78, 5) is 48.7. The zero-order valence-electron chi connectivity index (χ0n) is 11.7. The van der Waals surface area contributed by atoms with Crippen LogP contribution in [0, 0.1) is 10.1 Å². The van der Waals surface area contributed by atoms with E-state index in [0.717, 1.165) is 16.9 Å². The van der Waals surface area contributed by atoms with Gasteiger partial charge >= 0.3 is 17.1 Å². The molecule has 0 bridgehead atoms. The van der Waals surface area contributed by atoms with E-state index in [1.54, 1.807) is 0 Å². The molecule has 24 heavy (non-hydrogen) atoms. The van der Waals surface area contributed by atoms with E-state index in [1.807, 2.05) is 0 Å². The SMILES string of the molecule is O=C(O)c1cn(Cc2cc([N+](=O)[O-])cc3[nH]c(=O)c(=O)[nH]c23)nn1. The number of carbonyl (C=O) groups is 1. The van der Waals surface area contributed by atoms with Crippen molar-refractivity contribution < 1.29 is 14.8 Å². The third kappa shape index (κ3) is 2.63. The van der Waals surface area contributed by atoms with Gasteiger partial charge in [-0.25, -0.2) is 9.48 Å². The molecule has 3 aromatic rings. The van der Waals surface area contributed by atoms with Crippen molar-refractivity contribution in [3.63, 3.8) is 0 Å². The van der Waals surface area contributed by atoms with Crippen LogP contribution in [0.25, 0.3) is 11.0 Å². The minimum atomic E-state index is -1.28. The molecule has 3 N–H and O–H groups in total. The molecule has 0 amide bonds. The van der Waals surface area contributed by atoms with Gasteiger partial charge in [-0.2, -0.15) is 0 Å². The lowest BCUT2D eigenvalue weighted by atomic mass is 10.1. The minimum Gasteiger partial charge on any atom is -0.476 e. The van der Waals surface area contributed by atoms with Gasteiger partial charge in [-0.1, -0.05) is 5.21 Å². The highest BCUT2D eigenvalue weighted by Crippen LogP contribution is 2.22. The van der Waals surface area contributed by atoms with Crippen LogP contribution in [0.3, 0.4) is 0 Å². The van der Waals surface area contributed by atoms with E-state index in [2.05, 4.69) is 20.3 Å². The first-order chi connectivity index (χ1) is 11.3. The standard InChI is InChI=1S/C12H8N6O6/c19-10-11(20)14-9-5(1-6(18(23)24)2-7(9)13-10)3-17-4-8(12(21)22)15-16-17/h1-2,4H,3H2,(H,13,19)(H,14,20)(H,21,22). The molecule has 0 radical (unpaired) electrons. The number of hydrogen-bond donors (Lipinski definition) is 3. The fourth-order valence-electron chi connectivity index (χ4n) is 2.16. The van der Waals surface area contributed by atoms with Gasteiger partial charge < -0.3 is 15.1 Å². The molecule has 0 saturated carbocycles. The van der Waals surface area contributed by atoms with Gasteiger partial charge in [0.15, 0.2) is 5.69 Å². The average molecular weight is 332 g/mol. The second-order valence-corrected chi connectivity index (χ2v) is 4.80. The molecule has 2 heterocycles. The van der Waals surface area contributed by atoms with Crippen molar-refractivity contribution in [2.75, 3.05) is 0 Å². The average Bonchev–Trinajstić information content (AvgIpc) is 2.97. The van der Waals surface area contributed by atoms with E-state index in [9.17, 15) is 24.5 Å². The maximum absolute atomic E-state index is 11.5. The Balaban J connectivity index is 2.18. The molecule has 0 unspecified atom stereocenters. The van der Waals surface area contributed by atoms with E-state index in [0.29, 0.717) is 0 Å². The Morgan fingerprint density at radius 3 is 2.62 bits per heavy atom. The van der Waals surface area contributed by atoms with E-state index in [-0.39, 0.29) is 34.5 Å². The number of aromatic carboxylic acids is 1. The Kier molecular flexibility index (Phi) is 3.41. The summed E-state index contributed by atoms with van der Waals surface area (Å²) in [5, 5.41) is 26.9. The van der Waals surface area contributed by atoms with Crippen LogP contribution < -0.4 is 11.1 Å². The summed E-state index contributed by atoms with van der Waals surface area (Å²) < 4.78 is 1.14. The Hall–Kier alpha value is -3.83. The van der Waals surface area contributed by atoms with E-state index >= 15 is 0 Å². The number of nitrogens with one attached hydrogen (secondary N) is 2. The lowest BCUT2D eigenvalue weighted by Crippen LogP contribution is -2.29. The number of carboxylic acids is 1. The number of nitro benzene ring substituents is 1. The van der Waals surface area contributed by atoms with Gasteiger partial charge in [0, 0.05) is 17.7 Å². The van der Waals surface area contributed by atoms with Crippen LogP contribution in [0.4, 0.5) is 5.69 Å². The largest absolute Gasteiger partial charge is 0.476 e. The number of non-ortho nitro benzene ring substituents is 1. The van der Waals surface area contributed by atoms with Crippen LogP contribution in [-0.4, -0.2) is 41.0 Å². The summed E-state index contributed by atoms with van der Waals surface area (Å²) in [7, 11) is 0. The first-order valence-electron chi connectivity index (χ1n) is 6.42. The monoisotopic (exact) mass is 332 g/mol. The maximum atomic E-state index is 11.5. The van der Waals surface area contributed by atoms with Crippen LogP contribution >= 0.6 is 0 Å². The maximum Gasteiger partial charge on any atom is 0.358 e. The fourth-order valence-corrected chi connectivity index (χ4v) is 2.16. The van der Waals surface area contributed by atoms with Gasteiger partial charge in [0.1, 0.15) is 0 Å². The van der Waals surface area contributed by atoms with Crippen LogP contribution in [0.5, 0.6) is 0 Å². The van der Waals surface area contributed by atoms with Crippen molar-refractivity contribution in [1.29, 1.82) is 0 Å². The Labute approximate surface area is 130 Å². The van der Waals surface area contributed by atoms with Gasteiger partial charge in [0.25, 0.3) is 5.69 Å². The predicted octanol–water partition coefficient (Wildman–Crippen LogP) is -0.537. The molecule has 0 spiro atoms. The van der Waals surface area contributed by atoms with Gasteiger partial charge in [-0.05, 0) is 0 Å². The van der Waals surface area contributed by atoms with Crippen LogP contribution in [0.2, 0.25) is 0 Å². The molecule has 0 atom stereocenters. The number of H-pyrrole nitrogens is 2. The smallest absolute Gasteiger partial charge is 0.358 e. The number of nitro groups is 1. The molecule has 0 saturated heterocycles. The quantitative estimate of drug-likeness (QED) is 0.324. The fraction of sp³-hybridized carbons (Fsp3) is 0.0833. The number of nitrogens with zero attached hydrogens (tertiary/aromatic N) is 4. The first kappa shape index (κ1) is 15.1. The summed E-state index contributed by atoms with van der Waals surface area (Å²) >= 11 is 0. The number of fused-ring (bicyclic) bond motifs is 1. The minimum absolute atomic E-state index is 0.0716. The number of aromatic amines is 2. The summed E-state index contributed by atoms with van der Waals surface area (Å²) in [6.45, 7) is -0.0968. The van der Waals surface area contributed by atoms with Gasteiger partial charge in [0.05, 0.1) is 28.7 Å². The number of carboxylic acid groups (broad SMARTS) is 1. The topological polar surface area (TPSA) is 177 Å². The third-order valence-electron chi connectivity index (χ3n) is 3.20. The predicted molar refractivity (Wildman–Crippen MR) is 77.9 cm³/mol. The summed E-state index contributed by atoms with van der Waals surface area (Å²) in [6, 6.07) is 2.30. The summed E-state index contributed by atoms with van der Waals surface area (Å²) in [6.07, 6.45) is 1.14. The highest BCUT2D eigenvalue weighted by molar-refractivity contribution is 5.84. The molecular formula is C12H8N6O6. The molecular weight excluding hydrogens is 324 g/mol. The van der Waals surface area contributed by atoms with Crippen molar-refractivity contribution in [2.45, 2.75) is 6.54 Å².